The van der Waals surface area contributed by atoms with Gasteiger partial charge in [-0.05, 0) is 22.3 Å². The first-order chi connectivity index (χ1) is 14.6. The number of carbonyl (C=O) groups excluding carboxylic acids is 1. The molecule has 0 spiro atoms. The van der Waals surface area contributed by atoms with Crippen LogP contribution in [0.1, 0.15) is 29.8 Å². The first-order valence-corrected chi connectivity index (χ1v) is 9.92. The summed E-state index contributed by atoms with van der Waals surface area (Å²) in [5, 5.41) is 12.0. The number of carboxylic acid groups (broad SMARTS) is 1. The van der Waals surface area contributed by atoms with E-state index in [9.17, 15) is 14.7 Å². The van der Waals surface area contributed by atoms with E-state index in [1.807, 2.05) is 43.3 Å². The van der Waals surface area contributed by atoms with Crippen LogP contribution in [0.2, 0.25) is 0 Å². The molecule has 2 N–H and O–H groups in total. The standard InChI is InChI=1S/C23H23N3O4/c1-2-21-24-11-12-26(21)13-20(22(27)28)25-23(29)30-14-19-17-9-5-3-7-15(17)16-8-4-6-10-18(16)19/h3-12,19-20H,2,13-14H2,1H3,(H,25,29)(H,27,28). The van der Waals surface area contributed by atoms with Crippen molar-refractivity contribution in [3.05, 3.63) is 77.9 Å². The number of imidazole rings is 1. The van der Waals surface area contributed by atoms with Crippen LogP contribution in [0.5, 0.6) is 0 Å². The second-order valence-electron chi connectivity index (χ2n) is 7.21. The molecular formula is C23H23N3O4. The van der Waals surface area contributed by atoms with Gasteiger partial charge in [0, 0.05) is 24.7 Å². The number of alkyl carbamates (subject to hydrolysis) is 1. The summed E-state index contributed by atoms with van der Waals surface area (Å²) in [6.07, 6.45) is 3.24. The molecule has 0 bridgehead atoms. The van der Waals surface area contributed by atoms with Crippen LogP contribution in [0.4, 0.5) is 4.79 Å². The number of nitrogens with zero attached hydrogens (tertiary/aromatic N) is 2. The number of carbonyl (C=O) groups is 2. The molecule has 1 heterocycles. The van der Waals surface area contributed by atoms with E-state index in [0.29, 0.717) is 6.42 Å². The van der Waals surface area contributed by atoms with Crippen LogP contribution in [0, 0.1) is 0 Å². The fourth-order valence-electron chi connectivity index (χ4n) is 3.99. The van der Waals surface area contributed by atoms with Crippen molar-refractivity contribution in [2.75, 3.05) is 6.61 Å². The fourth-order valence-corrected chi connectivity index (χ4v) is 3.99. The number of ether oxygens (including phenoxy) is 1. The Morgan fingerprint density at radius 2 is 1.77 bits per heavy atom. The smallest absolute Gasteiger partial charge is 0.407 e. The van der Waals surface area contributed by atoms with Crippen molar-refractivity contribution in [3.63, 3.8) is 0 Å². The molecule has 0 saturated carbocycles. The molecule has 7 heteroatoms. The van der Waals surface area contributed by atoms with E-state index < -0.39 is 18.1 Å². The third-order valence-corrected chi connectivity index (χ3v) is 5.43. The zero-order valence-electron chi connectivity index (χ0n) is 16.6. The molecule has 3 aromatic rings. The maximum Gasteiger partial charge on any atom is 0.407 e. The lowest BCUT2D eigenvalue weighted by Gasteiger charge is -2.18. The van der Waals surface area contributed by atoms with Crippen LogP contribution in [0.25, 0.3) is 11.1 Å². The zero-order valence-corrected chi connectivity index (χ0v) is 16.6. The maximum absolute atomic E-state index is 12.4. The van der Waals surface area contributed by atoms with E-state index in [1.165, 1.54) is 0 Å². The number of fused-ring (bicyclic) bond motifs is 3. The Balaban J connectivity index is 1.43. The number of aromatic nitrogens is 2. The van der Waals surface area contributed by atoms with Crippen molar-refractivity contribution in [2.45, 2.75) is 31.8 Å². The molecule has 2 aromatic carbocycles. The van der Waals surface area contributed by atoms with Gasteiger partial charge in [0.05, 0.1) is 6.54 Å². The molecule has 0 radical (unpaired) electrons. The van der Waals surface area contributed by atoms with Gasteiger partial charge >= 0.3 is 12.1 Å². The quantitative estimate of drug-likeness (QED) is 0.628. The minimum atomic E-state index is -1.13. The third-order valence-electron chi connectivity index (χ3n) is 5.43. The van der Waals surface area contributed by atoms with Crippen molar-refractivity contribution in [3.8, 4) is 11.1 Å². The predicted octanol–water partition coefficient (Wildman–Crippen LogP) is 3.44. The Kier molecular flexibility index (Phi) is 5.52. The number of benzene rings is 2. The highest BCUT2D eigenvalue weighted by atomic mass is 16.5. The van der Waals surface area contributed by atoms with Gasteiger partial charge in [0.1, 0.15) is 18.5 Å². The van der Waals surface area contributed by atoms with E-state index in [-0.39, 0.29) is 19.1 Å². The van der Waals surface area contributed by atoms with Gasteiger partial charge in [0.2, 0.25) is 0 Å². The molecule has 1 amide bonds. The predicted molar refractivity (Wildman–Crippen MR) is 111 cm³/mol. The fraction of sp³-hybridized carbons (Fsp3) is 0.261. The van der Waals surface area contributed by atoms with E-state index in [1.54, 1.807) is 17.0 Å². The summed E-state index contributed by atoms with van der Waals surface area (Å²) in [4.78, 5) is 28.2. The highest BCUT2D eigenvalue weighted by Gasteiger charge is 2.29. The largest absolute Gasteiger partial charge is 0.480 e. The summed E-state index contributed by atoms with van der Waals surface area (Å²) < 4.78 is 7.18. The number of hydrogen-bond acceptors (Lipinski definition) is 4. The van der Waals surface area contributed by atoms with E-state index >= 15 is 0 Å². The normalized spacial score (nSPS) is 13.4. The van der Waals surface area contributed by atoms with Gasteiger partial charge < -0.3 is 19.7 Å². The summed E-state index contributed by atoms with van der Waals surface area (Å²) in [6.45, 7) is 2.16. The van der Waals surface area contributed by atoms with Crippen molar-refractivity contribution < 1.29 is 19.4 Å². The van der Waals surface area contributed by atoms with E-state index in [2.05, 4.69) is 22.4 Å². The van der Waals surface area contributed by atoms with Gasteiger partial charge in [0.15, 0.2) is 0 Å². The molecule has 1 atom stereocenters. The first kappa shape index (κ1) is 19.7. The van der Waals surface area contributed by atoms with Crippen LogP contribution >= 0.6 is 0 Å². The number of aliphatic carboxylic acids is 1. The zero-order chi connectivity index (χ0) is 21.1. The Labute approximate surface area is 174 Å². The molecule has 0 fully saturated rings. The Morgan fingerprint density at radius 3 is 2.37 bits per heavy atom. The lowest BCUT2D eigenvalue weighted by molar-refractivity contribution is -0.139. The van der Waals surface area contributed by atoms with E-state index in [4.69, 9.17) is 4.74 Å². The summed E-state index contributed by atoms with van der Waals surface area (Å²) in [5.41, 5.74) is 4.48. The monoisotopic (exact) mass is 405 g/mol. The molecule has 30 heavy (non-hydrogen) atoms. The number of hydrogen-bond donors (Lipinski definition) is 2. The molecular weight excluding hydrogens is 382 g/mol. The van der Waals surface area contributed by atoms with Crippen molar-refractivity contribution in [1.82, 2.24) is 14.9 Å². The lowest BCUT2D eigenvalue weighted by Crippen LogP contribution is -2.44. The van der Waals surface area contributed by atoms with Gasteiger partial charge in [-0.15, -0.1) is 0 Å². The van der Waals surface area contributed by atoms with Crippen molar-refractivity contribution >= 4 is 12.1 Å². The van der Waals surface area contributed by atoms with Crippen molar-refractivity contribution in [1.29, 1.82) is 0 Å². The van der Waals surface area contributed by atoms with Gasteiger partial charge in [-0.25, -0.2) is 14.6 Å². The van der Waals surface area contributed by atoms with Gasteiger partial charge in [-0.1, -0.05) is 55.5 Å². The second kappa shape index (κ2) is 8.41. The maximum atomic E-state index is 12.4. The molecule has 1 unspecified atom stereocenters. The summed E-state index contributed by atoms with van der Waals surface area (Å²) in [7, 11) is 0. The minimum absolute atomic E-state index is 0.0771. The number of rotatable bonds is 7. The number of nitrogens with one attached hydrogen (secondary N) is 1. The Bertz CT molecular complexity index is 1030. The average molecular weight is 405 g/mol. The lowest BCUT2D eigenvalue weighted by atomic mass is 9.98. The topological polar surface area (TPSA) is 93.5 Å². The summed E-state index contributed by atoms with van der Waals surface area (Å²) in [5.74, 6) is -0.443. The molecule has 7 nitrogen and oxygen atoms in total. The number of carboxylic acids is 1. The minimum Gasteiger partial charge on any atom is -0.480 e. The van der Waals surface area contributed by atoms with Crippen LogP contribution in [0.3, 0.4) is 0 Å². The summed E-state index contributed by atoms with van der Waals surface area (Å²) in [6, 6.07) is 15.0. The van der Waals surface area contributed by atoms with Crippen LogP contribution in [0.15, 0.2) is 60.9 Å². The Morgan fingerprint density at radius 1 is 1.13 bits per heavy atom. The SMILES string of the molecule is CCc1nccn1CC(NC(=O)OCC1c2ccccc2-c2ccccc21)C(=O)O. The first-order valence-electron chi connectivity index (χ1n) is 9.92. The van der Waals surface area contributed by atoms with Crippen LogP contribution in [-0.4, -0.2) is 39.4 Å². The van der Waals surface area contributed by atoms with Gasteiger partial charge in [0.25, 0.3) is 0 Å². The molecule has 0 saturated heterocycles. The third kappa shape index (κ3) is 3.78. The molecule has 154 valence electrons. The van der Waals surface area contributed by atoms with Crippen LogP contribution < -0.4 is 5.32 Å². The van der Waals surface area contributed by atoms with Gasteiger partial charge in [-0.2, -0.15) is 0 Å². The highest BCUT2D eigenvalue weighted by molar-refractivity contribution is 5.81. The molecule has 1 aliphatic carbocycles. The highest BCUT2D eigenvalue weighted by Crippen LogP contribution is 2.44. The van der Waals surface area contributed by atoms with Crippen molar-refractivity contribution in [2.24, 2.45) is 0 Å². The van der Waals surface area contributed by atoms with Crippen LogP contribution in [-0.2, 0) is 22.5 Å². The molecule has 0 aliphatic heterocycles. The number of aryl methyl sites for hydroxylation is 1. The second-order valence-corrected chi connectivity index (χ2v) is 7.21. The van der Waals surface area contributed by atoms with Gasteiger partial charge in [-0.3, -0.25) is 0 Å². The average Bonchev–Trinajstić information content (AvgIpc) is 3.33. The molecule has 1 aromatic heterocycles. The summed E-state index contributed by atoms with van der Waals surface area (Å²) >= 11 is 0. The molecule has 4 rings (SSSR count). The molecule has 1 aliphatic rings. The number of amides is 1. The Hall–Kier alpha value is -3.61. The van der Waals surface area contributed by atoms with E-state index in [0.717, 1.165) is 28.1 Å².